The third kappa shape index (κ3) is 9.95. The summed E-state index contributed by atoms with van der Waals surface area (Å²) < 4.78 is 27.4. The largest absolute Gasteiger partial charge is 0.359 e. The predicted octanol–water partition coefficient (Wildman–Crippen LogP) is 6.12. The van der Waals surface area contributed by atoms with E-state index in [1.165, 1.54) is 18.2 Å². The van der Waals surface area contributed by atoms with Gasteiger partial charge in [0.1, 0.15) is 11.6 Å². The molecule has 2 amide bonds. The molecule has 0 aliphatic carbocycles. The van der Waals surface area contributed by atoms with E-state index in [1.807, 2.05) is 6.92 Å². The fraction of sp³-hybridized carbons (Fsp3) is 0.440. The van der Waals surface area contributed by atoms with Gasteiger partial charge < -0.3 is 16.0 Å². The fourth-order valence-electron chi connectivity index (χ4n) is 3.24. The van der Waals surface area contributed by atoms with Crippen LogP contribution in [0.4, 0.5) is 14.5 Å². The maximum absolute atomic E-state index is 14.0. The molecule has 3 N–H and O–H groups in total. The number of hydrogen-bond acceptors (Lipinski definition) is 3. The Morgan fingerprint density at radius 1 is 0.971 bits per heavy atom. The summed E-state index contributed by atoms with van der Waals surface area (Å²) in [6, 6.07) is 7.31. The summed E-state index contributed by atoms with van der Waals surface area (Å²) in [5, 5.41) is 8.24. The molecule has 0 radical (unpaired) electrons. The van der Waals surface area contributed by atoms with Crippen molar-refractivity contribution < 1.29 is 18.4 Å². The lowest BCUT2D eigenvalue weighted by molar-refractivity contribution is -0.109. The van der Waals surface area contributed by atoms with Crippen molar-refractivity contribution in [3.8, 4) is 0 Å². The highest BCUT2D eigenvalue weighted by Crippen LogP contribution is 2.41. The van der Waals surface area contributed by atoms with Crippen molar-refractivity contribution in [3.05, 3.63) is 63.1 Å². The van der Waals surface area contributed by atoms with Gasteiger partial charge in [0, 0.05) is 37.2 Å². The topological polar surface area (TPSA) is 70.2 Å². The number of benzene rings is 2. The number of amides is 2. The zero-order chi connectivity index (χ0) is 25.9. The van der Waals surface area contributed by atoms with Crippen molar-refractivity contribution >= 4 is 41.7 Å². The zero-order valence-corrected chi connectivity index (χ0v) is 21.7. The van der Waals surface area contributed by atoms with Gasteiger partial charge in [-0.3, -0.25) is 9.59 Å². The molecule has 2 aromatic carbocycles. The lowest BCUT2D eigenvalue weighted by Gasteiger charge is -2.22. The molecule has 0 saturated carbocycles. The van der Waals surface area contributed by atoms with Gasteiger partial charge in [-0.15, -0.1) is 0 Å². The van der Waals surface area contributed by atoms with Crippen LogP contribution in [0, 0.1) is 17.0 Å². The van der Waals surface area contributed by atoms with E-state index in [2.05, 4.69) is 43.6 Å². The van der Waals surface area contributed by atoms with Crippen LogP contribution in [0.3, 0.4) is 0 Å². The minimum atomic E-state index is -0.550. The van der Waals surface area contributed by atoms with Crippen LogP contribution in [0.2, 0.25) is 10.0 Å². The first-order valence-corrected chi connectivity index (χ1v) is 11.7. The quantitative estimate of drug-likeness (QED) is 0.406. The molecular formula is C25H33Cl2F2N3O2. The molecule has 9 heteroatoms. The highest BCUT2D eigenvalue weighted by atomic mass is 35.5. The van der Waals surface area contributed by atoms with E-state index >= 15 is 0 Å². The molecule has 1 heterocycles. The van der Waals surface area contributed by atoms with Crippen LogP contribution in [0.5, 0.6) is 0 Å². The molecule has 1 aliphatic rings. The average molecular weight is 516 g/mol. The summed E-state index contributed by atoms with van der Waals surface area (Å²) in [5.41, 5.74) is 2.45. The number of rotatable bonds is 6. The van der Waals surface area contributed by atoms with Crippen LogP contribution in [0.25, 0.3) is 0 Å². The molecule has 1 fully saturated rings. The highest BCUT2D eigenvalue weighted by Gasteiger charge is 2.32. The zero-order valence-electron chi connectivity index (χ0n) is 20.1. The summed E-state index contributed by atoms with van der Waals surface area (Å²) in [4.78, 5) is 20.1. The van der Waals surface area contributed by atoms with E-state index in [4.69, 9.17) is 23.2 Å². The van der Waals surface area contributed by atoms with Crippen LogP contribution in [0.15, 0.2) is 30.3 Å². The second-order valence-corrected chi connectivity index (χ2v) is 10.2. The van der Waals surface area contributed by atoms with E-state index in [0.717, 1.165) is 12.1 Å². The Hall–Kier alpha value is -2.22. The van der Waals surface area contributed by atoms with Gasteiger partial charge in [-0.1, -0.05) is 57.0 Å². The molecule has 2 aromatic rings. The van der Waals surface area contributed by atoms with Crippen LogP contribution in [-0.2, 0) is 9.59 Å². The van der Waals surface area contributed by atoms with Crippen LogP contribution in [-0.4, -0.2) is 32.5 Å². The Balaban J connectivity index is 0.000000489. The molecule has 2 atom stereocenters. The minimum absolute atomic E-state index is 0.0316. The summed E-state index contributed by atoms with van der Waals surface area (Å²) in [7, 11) is 0. The molecule has 3 rings (SSSR count). The molecule has 34 heavy (non-hydrogen) atoms. The molecule has 1 aliphatic heterocycles. The van der Waals surface area contributed by atoms with Gasteiger partial charge in [0.2, 0.25) is 12.8 Å². The first-order chi connectivity index (χ1) is 15.9. The smallest absolute Gasteiger partial charge is 0.211 e. The third-order valence-electron chi connectivity index (χ3n) is 4.58. The van der Waals surface area contributed by atoms with Gasteiger partial charge in [0.15, 0.2) is 0 Å². The lowest BCUT2D eigenvalue weighted by atomic mass is 9.83. The molecule has 0 bridgehead atoms. The van der Waals surface area contributed by atoms with E-state index in [9.17, 15) is 18.4 Å². The van der Waals surface area contributed by atoms with Crippen molar-refractivity contribution in [1.29, 1.82) is 0 Å². The highest BCUT2D eigenvalue weighted by molar-refractivity contribution is 6.31. The average Bonchev–Trinajstić information content (AvgIpc) is 3.22. The molecule has 0 spiro atoms. The van der Waals surface area contributed by atoms with Crippen molar-refractivity contribution in [2.45, 2.75) is 46.5 Å². The first-order valence-electron chi connectivity index (χ1n) is 10.9. The summed E-state index contributed by atoms with van der Waals surface area (Å²) in [6.45, 7) is 12.6. The van der Waals surface area contributed by atoms with E-state index in [-0.39, 0.29) is 21.9 Å². The van der Waals surface area contributed by atoms with Gasteiger partial charge in [-0.2, -0.15) is 0 Å². The van der Waals surface area contributed by atoms with Crippen molar-refractivity contribution in [1.82, 2.24) is 10.6 Å². The monoisotopic (exact) mass is 515 g/mol. The molecule has 1 saturated heterocycles. The Morgan fingerprint density at radius 2 is 1.56 bits per heavy atom. The third-order valence-corrected chi connectivity index (χ3v) is 5.16. The van der Waals surface area contributed by atoms with Crippen molar-refractivity contribution in [2.24, 2.45) is 5.41 Å². The van der Waals surface area contributed by atoms with Crippen LogP contribution < -0.4 is 16.0 Å². The number of halogens is 4. The summed E-state index contributed by atoms with van der Waals surface area (Å²) in [5.74, 6) is -1.17. The minimum Gasteiger partial charge on any atom is -0.359 e. The maximum Gasteiger partial charge on any atom is 0.211 e. The number of nitrogens with one attached hydrogen (secondary N) is 3. The summed E-state index contributed by atoms with van der Waals surface area (Å²) >= 11 is 11.7. The molecular weight excluding hydrogens is 483 g/mol. The van der Waals surface area contributed by atoms with Gasteiger partial charge in [-0.05, 0) is 47.7 Å². The molecule has 5 nitrogen and oxygen atoms in total. The summed E-state index contributed by atoms with van der Waals surface area (Å²) in [6.07, 6.45) is 1.21. The number of hydrogen-bond donors (Lipinski definition) is 3. The van der Waals surface area contributed by atoms with Crippen LogP contribution >= 0.6 is 23.2 Å². The Bertz CT molecular complexity index is 946. The second-order valence-electron chi connectivity index (χ2n) is 9.34. The molecule has 0 aromatic heterocycles. The number of anilines is 1. The Kier molecular flexibility index (Phi) is 12.5. The van der Waals surface area contributed by atoms with Gasteiger partial charge >= 0.3 is 0 Å². The van der Waals surface area contributed by atoms with Gasteiger partial charge in [0.05, 0.1) is 10.0 Å². The SMILES string of the molecule is CC(C)(C)C.CCNC=O.O=CNc1cc(Cl)c(F)cc1C1CNC[C@@H]1c1ccc(F)c(Cl)c1. The van der Waals surface area contributed by atoms with Crippen LogP contribution in [0.1, 0.15) is 57.6 Å². The Morgan fingerprint density at radius 3 is 2.06 bits per heavy atom. The normalized spacial score (nSPS) is 17.0. The maximum atomic E-state index is 14.0. The van der Waals surface area contributed by atoms with Gasteiger partial charge in [-0.25, -0.2) is 8.78 Å². The number of carbonyl (C=O) groups excluding carboxylic acids is 2. The first kappa shape index (κ1) is 29.8. The standard InChI is InChI=1S/C17H14Cl2F2N2O.C5H12.C3H7NO/c18-13-3-9(1-2-15(13)20)11-6-22-7-12(11)10-4-16(21)14(19)5-17(10)23-8-24;1-5(2,3)4;1-2-4-3-5/h1-5,8,11-12,22H,6-7H2,(H,23,24);1-4H3;3H,2H2,1H3,(H,4,5)/t11-,12?;;/m1../s1. The fourth-order valence-corrected chi connectivity index (χ4v) is 3.59. The van der Waals surface area contributed by atoms with Crippen molar-refractivity contribution in [3.63, 3.8) is 0 Å². The number of carbonyl (C=O) groups is 2. The van der Waals surface area contributed by atoms with Gasteiger partial charge in [0.25, 0.3) is 0 Å². The molecule has 188 valence electrons. The van der Waals surface area contributed by atoms with E-state index < -0.39 is 11.6 Å². The lowest BCUT2D eigenvalue weighted by Crippen LogP contribution is -2.12. The van der Waals surface area contributed by atoms with E-state index in [1.54, 1.807) is 12.1 Å². The predicted molar refractivity (Wildman–Crippen MR) is 136 cm³/mol. The van der Waals surface area contributed by atoms with Crippen molar-refractivity contribution in [2.75, 3.05) is 25.0 Å². The Labute approximate surface area is 210 Å². The second kappa shape index (κ2) is 14.2. The molecule has 1 unspecified atom stereocenters. The van der Waals surface area contributed by atoms with E-state index in [0.29, 0.717) is 42.6 Å².